The van der Waals surface area contributed by atoms with E-state index in [4.69, 9.17) is 5.11 Å². The second kappa shape index (κ2) is 14.3. The summed E-state index contributed by atoms with van der Waals surface area (Å²) in [6, 6.07) is 12.7. The summed E-state index contributed by atoms with van der Waals surface area (Å²) in [7, 11) is 0. The van der Waals surface area contributed by atoms with Crippen LogP contribution >= 0.6 is 0 Å². The van der Waals surface area contributed by atoms with Gasteiger partial charge in [0.2, 0.25) is 0 Å². The normalized spacial score (nSPS) is 7.35. The van der Waals surface area contributed by atoms with Crippen molar-refractivity contribution in [1.29, 1.82) is 0 Å². The molecule has 0 amide bonds. The molecule has 0 unspecified atom stereocenters. The highest BCUT2D eigenvalue weighted by Crippen LogP contribution is 2.02. The van der Waals surface area contributed by atoms with E-state index < -0.39 is 0 Å². The van der Waals surface area contributed by atoms with Crippen molar-refractivity contribution in [2.24, 2.45) is 0 Å². The number of nitrogens with one attached hydrogen (secondary N) is 1. The summed E-state index contributed by atoms with van der Waals surface area (Å²) < 4.78 is 0. The maximum absolute atomic E-state index is 8.63. The molecule has 1 aromatic heterocycles. The molecule has 17 heavy (non-hydrogen) atoms. The SMILES string of the molecule is CC.CC.Cc1ccc[nH]1.Oc1ccccc1. The van der Waals surface area contributed by atoms with Gasteiger partial charge in [0.05, 0.1) is 0 Å². The van der Waals surface area contributed by atoms with Gasteiger partial charge in [-0.25, -0.2) is 0 Å². The first-order valence-electron chi connectivity index (χ1n) is 6.13. The van der Waals surface area contributed by atoms with Crippen molar-refractivity contribution in [1.82, 2.24) is 4.98 Å². The summed E-state index contributed by atoms with van der Waals surface area (Å²) in [5.41, 5.74) is 1.22. The third kappa shape index (κ3) is 12.2. The molecule has 0 bridgehead atoms. The molecular weight excluding hydrogens is 210 g/mol. The molecule has 0 radical (unpaired) electrons. The lowest BCUT2D eigenvalue weighted by molar-refractivity contribution is 0.475. The van der Waals surface area contributed by atoms with E-state index in [0.717, 1.165) is 0 Å². The summed E-state index contributed by atoms with van der Waals surface area (Å²) in [6.07, 6.45) is 1.91. The molecule has 0 aliphatic carbocycles. The number of H-pyrrole nitrogens is 1. The Morgan fingerprint density at radius 3 is 1.53 bits per heavy atom. The number of phenols is 1. The molecule has 0 atom stereocenters. The fourth-order valence-electron chi connectivity index (χ4n) is 0.848. The molecule has 2 rings (SSSR count). The lowest BCUT2D eigenvalue weighted by atomic mass is 10.3. The van der Waals surface area contributed by atoms with E-state index in [1.54, 1.807) is 24.3 Å². The summed E-state index contributed by atoms with van der Waals surface area (Å²) in [5, 5.41) is 8.63. The zero-order valence-corrected chi connectivity index (χ0v) is 11.6. The number of phenolic OH excluding ortho intramolecular Hbond substituents is 1. The van der Waals surface area contributed by atoms with Crippen molar-refractivity contribution < 1.29 is 5.11 Å². The highest BCUT2D eigenvalue weighted by molar-refractivity contribution is 5.18. The van der Waals surface area contributed by atoms with Crippen LogP contribution in [-0.2, 0) is 0 Å². The van der Waals surface area contributed by atoms with Gasteiger partial charge in [-0.15, -0.1) is 0 Å². The van der Waals surface area contributed by atoms with Gasteiger partial charge < -0.3 is 10.1 Å². The van der Waals surface area contributed by atoms with Gasteiger partial charge in [-0.3, -0.25) is 0 Å². The van der Waals surface area contributed by atoms with Crippen LogP contribution in [0.1, 0.15) is 33.4 Å². The van der Waals surface area contributed by atoms with Crippen LogP contribution in [0.3, 0.4) is 0 Å². The Balaban J connectivity index is 0. The number of aromatic hydroxyl groups is 1. The van der Waals surface area contributed by atoms with Gasteiger partial charge in [0.25, 0.3) is 0 Å². The topological polar surface area (TPSA) is 36.0 Å². The smallest absolute Gasteiger partial charge is 0.115 e. The number of aryl methyl sites for hydroxylation is 1. The molecule has 96 valence electrons. The quantitative estimate of drug-likeness (QED) is 0.678. The maximum Gasteiger partial charge on any atom is 0.115 e. The monoisotopic (exact) mass is 235 g/mol. The average molecular weight is 235 g/mol. The summed E-state index contributed by atoms with van der Waals surface area (Å²) in [5.74, 6) is 0.322. The van der Waals surface area contributed by atoms with Crippen molar-refractivity contribution in [3.63, 3.8) is 0 Å². The Morgan fingerprint density at radius 1 is 0.824 bits per heavy atom. The molecule has 0 aliphatic heterocycles. The van der Waals surface area contributed by atoms with E-state index in [-0.39, 0.29) is 0 Å². The van der Waals surface area contributed by atoms with Crippen molar-refractivity contribution >= 4 is 0 Å². The van der Waals surface area contributed by atoms with Crippen LogP contribution in [0.2, 0.25) is 0 Å². The molecule has 0 fully saturated rings. The molecule has 1 aromatic carbocycles. The van der Waals surface area contributed by atoms with Crippen LogP contribution in [0, 0.1) is 6.92 Å². The number of para-hydroxylation sites is 1. The van der Waals surface area contributed by atoms with Crippen LogP contribution in [0.15, 0.2) is 48.7 Å². The second-order valence-electron chi connectivity index (χ2n) is 2.69. The fraction of sp³-hybridized carbons (Fsp3) is 0.333. The Kier molecular flexibility index (Phi) is 14.9. The van der Waals surface area contributed by atoms with Crippen molar-refractivity contribution in [3.8, 4) is 5.75 Å². The van der Waals surface area contributed by atoms with Gasteiger partial charge in [-0.05, 0) is 31.2 Å². The summed E-state index contributed by atoms with van der Waals surface area (Å²) in [6.45, 7) is 10.0. The minimum Gasteiger partial charge on any atom is -0.508 e. The molecule has 1 heterocycles. The van der Waals surface area contributed by atoms with E-state index in [0.29, 0.717) is 5.75 Å². The van der Waals surface area contributed by atoms with Crippen LogP contribution in [-0.4, -0.2) is 10.1 Å². The minimum atomic E-state index is 0.322. The van der Waals surface area contributed by atoms with E-state index in [9.17, 15) is 0 Å². The first kappa shape index (κ1) is 17.7. The molecular formula is C15H25NO. The van der Waals surface area contributed by atoms with E-state index in [1.165, 1.54) is 5.69 Å². The minimum absolute atomic E-state index is 0.322. The molecule has 2 aromatic rings. The number of hydrogen-bond donors (Lipinski definition) is 2. The highest BCUT2D eigenvalue weighted by Gasteiger charge is 1.74. The van der Waals surface area contributed by atoms with Gasteiger partial charge in [-0.1, -0.05) is 45.9 Å². The lowest BCUT2D eigenvalue weighted by Gasteiger charge is -1.82. The third-order valence-corrected chi connectivity index (χ3v) is 1.51. The average Bonchev–Trinajstić information content (AvgIpc) is 2.87. The van der Waals surface area contributed by atoms with Crippen molar-refractivity contribution in [2.45, 2.75) is 34.6 Å². The largest absolute Gasteiger partial charge is 0.508 e. The first-order valence-corrected chi connectivity index (χ1v) is 6.13. The Hall–Kier alpha value is -1.70. The third-order valence-electron chi connectivity index (χ3n) is 1.51. The Morgan fingerprint density at radius 2 is 1.35 bits per heavy atom. The Labute approximate surface area is 105 Å². The van der Waals surface area contributed by atoms with Gasteiger partial charge in [0.15, 0.2) is 0 Å². The molecule has 0 aliphatic rings. The molecule has 2 heteroatoms. The van der Waals surface area contributed by atoms with E-state index in [1.807, 2.05) is 59.0 Å². The number of aromatic nitrogens is 1. The van der Waals surface area contributed by atoms with E-state index in [2.05, 4.69) is 4.98 Å². The van der Waals surface area contributed by atoms with Crippen LogP contribution in [0.25, 0.3) is 0 Å². The van der Waals surface area contributed by atoms with Crippen LogP contribution < -0.4 is 0 Å². The highest BCUT2D eigenvalue weighted by atomic mass is 16.3. The maximum atomic E-state index is 8.63. The predicted octanol–water partition coefficient (Wildman–Crippen LogP) is 4.77. The number of hydrogen-bond acceptors (Lipinski definition) is 1. The first-order chi connectivity index (χ1) is 8.29. The fourth-order valence-corrected chi connectivity index (χ4v) is 0.848. The predicted molar refractivity (Wildman–Crippen MR) is 76.3 cm³/mol. The van der Waals surface area contributed by atoms with Gasteiger partial charge >= 0.3 is 0 Å². The summed E-state index contributed by atoms with van der Waals surface area (Å²) >= 11 is 0. The molecule has 2 N–H and O–H groups in total. The Bertz CT molecular complexity index is 314. The summed E-state index contributed by atoms with van der Waals surface area (Å²) in [4.78, 5) is 3.00. The number of benzene rings is 1. The van der Waals surface area contributed by atoms with Gasteiger partial charge in [0, 0.05) is 11.9 Å². The molecule has 0 saturated heterocycles. The molecule has 2 nitrogen and oxygen atoms in total. The zero-order valence-electron chi connectivity index (χ0n) is 11.6. The van der Waals surface area contributed by atoms with E-state index >= 15 is 0 Å². The number of rotatable bonds is 0. The van der Waals surface area contributed by atoms with Crippen molar-refractivity contribution in [2.75, 3.05) is 0 Å². The van der Waals surface area contributed by atoms with Crippen LogP contribution in [0.4, 0.5) is 0 Å². The van der Waals surface area contributed by atoms with Crippen molar-refractivity contribution in [3.05, 3.63) is 54.4 Å². The standard InChI is InChI=1S/C6H6O.C5H7N.2C2H6/c7-6-4-2-1-3-5-6;1-5-3-2-4-6-5;2*1-2/h1-5,7H;2-4,6H,1H3;2*1-2H3. The molecule has 0 saturated carbocycles. The van der Waals surface area contributed by atoms with Gasteiger partial charge in [-0.2, -0.15) is 0 Å². The van der Waals surface area contributed by atoms with Gasteiger partial charge in [0.1, 0.15) is 5.75 Å². The lowest BCUT2D eigenvalue weighted by Crippen LogP contribution is -1.59. The zero-order chi connectivity index (χ0) is 13.5. The molecule has 0 spiro atoms. The van der Waals surface area contributed by atoms with Crippen LogP contribution in [0.5, 0.6) is 5.75 Å². The second-order valence-corrected chi connectivity index (χ2v) is 2.69. The number of aromatic amines is 1.